The van der Waals surface area contributed by atoms with E-state index in [2.05, 4.69) is 26.8 Å². The fraction of sp³-hybridized carbons (Fsp3) is 0.891. The van der Waals surface area contributed by atoms with Gasteiger partial charge in [-0.2, -0.15) is 0 Å². The lowest BCUT2D eigenvalue weighted by molar-refractivity contribution is -0.161. The Kier molecular flexibility index (Phi) is 41.6. The first-order valence-corrected chi connectivity index (χ1v) is 22.9. The fourth-order valence-corrected chi connectivity index (χ4v) is 6.23. The summed E-state index contributed by atoms with van der Waals surface area (Å²) >= 11 is 0. The number of aliphatic hydroxyl groups excluding tert-OH is 1. The standard InChI is InChI=1S/C46H86O9/c1-4-7-10-13-21-26-29-36-51-43(48)32-27-22-19-17-16-18-20-23-28-33-44(49)54-40-42(39-47)41-55-45(50)34-35-46(52-37-30-24-14-11-8-5-2)53-38-31-25-15-12-9-6-3/h26,29,42,46-47H,4-25,27-28,30-41H2,1-3H3/b29-26-. The molecule has 0 amide bonds. The van der Waals surface area contributed by atoms with Gasteiger partial charge in [0.25, 0.3) is 0 Å². The second-order valence-corrected chi connectivity index (χ2v) is 15.3. The maximum atomic E-state index is 12.5. The number of ether oxygens (including phenoxy) is 5. The van der Waals surface area contributed by atoms with Crippen molar-refractivity contribution in [3.63, 3.8) is 0 Å². The van der Waals surface area contributed by atoms with E-state index in [1.807, 2.05) is 6.08 Å². The Hall–Kier alpha value is -1.97. The number of esters is 3. The van der Waals surface area contributed by atoms with Crippen molar-refractivity contribution in [1.29, 1.82) is 0 Å². The van der Waals surface area contributed by atoms with Crippen molar-refractivity contribution in [2.24, 2.45) is 5.92 Å². The molecule has 0 aliphatic rings. The summed E-state index contributed by atoms with van der Waals surface area (Å²) in [4.78, 5) is 36.7. The lowest BCUT2D eigenvalue weighted by atomic mass is 10.1. The van der Waals surface area contributed by atoms with E-state index in [1.165, 1.54) is 77.0 Å². The molecule has 1 atom stereocenters. The van der Waals surface area contributed by atoms with E-state index in [0.29, 0.717) is 39.1 Å². The maximum absolute atomic E-state index is 12.5. The average Bonchev–Trinajstić information content (AvgIpc) is 3.18. The van der Waals surface area contributed by atoms with Crippen LogP contribution < -0.4 is 0 Å². The summed E-state index contributed by atoms with van der Waals surface area (Å²) in [6.45, 7) is 8.09. The van der Waals surface area contributed by atoms with Crippen LogP contribution in [0.2, 0.25) is 0 Å². The molecule has 0 aromatic rings. The monoisotopic (exact) mass is 783 g/mol. The molecule has 9 heteroatoms. The Balaban J connectivity index is 3.98. The van der Waals surface area contributed by atoms with Crippen molar-refractivity contribution in [3.8, 4) is 0 Å². The van der Waals surface area contributed by atoms with Gasteiger partial charge < -0.3 is 28.8 Å². The Bertz CT molecular complexity index is 859. The first-order chi connectivity index (χ1) is 27.0. The van der Waals surface area contributed by atoms with Gasteiger partial charge in [-0.3, -0.25) is 14.4 Å². The minimum Gasteiger partial charge on any atom is -0.465 e. The molecular formula is C46H86O9. The van der Waals surface area contributed by atoms with Gasteiger partial charge in [-0.05, 0) is 38.5 Å². The highest BCUT2D eigenvalue weighted by Gasteiger charge is 2.17. The van der Waals surface area contributed by atoms with Crippen molar-refractivity contribution in [1.82, 2.24) is 0 Å². The summed E-state index contributed by atoms with van der Waals surface area (Å²) < 4.78 is 28.1. The first kappa shape index (κ1) is 53.0. The Morgan fingerprint density at radius 3 is 1.35 bits per heavy atom. The molecule has 9 nitrogen and oxygen atoms in total. The normalized spacial score (nSPS) is 12.1. The molecule has 0 aromatic heterocycles. The predicted octanol–water partition coefficient (Wildman–Crippen LogP) is 11.9. The van der Waals surface area contributed by atoms with E-state index in [1.54, 1.807) is 0 Å². The number of allylic oxidation sites excluding steroid dienone is 1. The summed E-state index contributed by atoms with van der Waals surface area (Å²) in [6.07, 6.45) is 34.7. The lowest BCUT2D eigenvalue weighted by Gasteiger charge is -2.19. The summed E-state index contributed by atoms with van der Waals surface area (Å²) in [5.41, 5.74) is 0. The van der Waals surface area contributed by atoms with Crippen LogP contribution in [0.3, 0.4) is 0 Å². The van der Waals surface area contributed by atoms with Gasteiger partial charge in [-0.15, -0.1) is 0 Å². The van der Waals surface area contributed by atoms with Gasteiger partial charge in [0.2, 0.25) is 0 Å². The van der Waals surface area contributed by atoms with Crippen molar-refractivity contribution in [2.45, 2.75) is 220 Å². The molecule has 0 saturated carbocycles. The number of carbonyl (C=O) groups excluding carboxylic acids is 3. The summed E-state index contributed by atoms with van der Waals surface area (Å²) in [6, 6.07) is 0. The molecule has 0 aliphatic heterocycles. The van der Waals surface area contributed by atoms with Gasteiger partial charge in [-0.25, -0.2) is 0 Å². The molecule has 0 rings (SSSR count). The number of carbonyl (C=O) groups is 3. The van der Waals surface area contributed by atoms with Gasteiger partial charge in [0.15, 0.2) is 6.29 Å². The zero-order chi connectivity index (χ0) is 40.3. The molecule has 0 aliphatic carbocycles. The lowest BCUT2D eigenvalue weighted by Crippen LogP contribution is -2.25. The van der Waals surface area contributed by atoms with Crippen LogP contribution in [-0.2, 0) is 38.1 Å². The Morgan fingerprint density at radius 1 is 0.473 bits per heavy atom. The van der Waals surface area contributed by atoms with Crippen LogP contribution in [0, 0.1) is 5.92 Å². The SMILES string of the molecule is CCCCCC/C=C\COC(=O)CCCCCCCCCCCC(=O)OCC(CO)COC(=O)CCC(OCCCCCCCC)OCCCCCCCC. The Labute approximate surface area is 337 Å². The average molecular weight is 783 g/mol. The minimum atomic E-state index is -0.450. The van der Waals surface area contributed by atoms with Gasteiger partial charge in [0.05, 0.1) is 32.2 Å². The summed E-state index contributed by atoms with van der Waals surface area (Å²) in [5.74, 6) is -1.20. The number of unbranched alkanes of at least 4 members (excludes halogenated alkanes) is 22. The zero-order valence-corrected chi connectivity index (χ0v) is 36.0. The largest absolute Gasteiger partial charge is 0.465 e. The molecule has 0 radical (unpaired) electrons. The number of hydrogen-bond donors (Lipinski definition) is 1. The second-order valence-electron chi connectivity index (χ2n) is 15.3. The smallest absolute Gasteiger partial charge is 0.306 e. The van der Waals surface area contributed by atoms with E-state index >= 15 is 0 Å². The Morgan fingerprint density at radius 2 is 0.873 bits per heavy atom. The fourth-order valence-electron chi connectivity index (χ4n) is 6.23. The van der Waals surface area contributed by atoms with Gasteiger partial charge in [-0.1, -0.05) is 161 Å². The first-order valence-electron chi connectivity index (χ1n) is 22.9. The van der Waals surface area contributed by atoms with Crippen molar-refractivity contribution < 1.29 is 43.2 Å². The van der Waals surface area contributed by atoms with Crippen LogP contribution in [0.15, 0.2) is 12.2 Å². The zero-order valence-electron chi connectivity index (χ0n) is 36.0. The number of hydrogen-bond acceptors (Lipinski definition) is 9. The second kappa shape index (κ2) is 43.2. The molecule has 0 spiro atoms. The van der Waals surface area contributed by atoms with E-state index in [-0.39, 0.29) is 44.1 Å². The maximum Gasteiger partial charge on any atom is 0.306 e. The van der Waals surface area contributed by atoms with Crippen LogP contribution in [-0.4, -0.2) is 68.9 Å². The number of rotatable bonds is 43. The highest BCUT2D eigenvalue weighted by atomic mass is 16.7. The molecule has 0 saturated heterocycles. The molecular weight excluding hydrogens is 696 g/mol. The topological polar surface area (TPSA) is 118 Å². The molecule has 1 unspecified atom stereocenters. The quantitative estimate of drug-likeness (QED) is 0.0212. The van der Waals surface area contributed by atoms with Crippen molar-refractivity contribution in [3.05, 3.63) is 12.2 Å². The highest BCUT2D eigenvalue weighted by Crippen LogP contribution is 2.14. The number of aliphatic hydroxyl groups is 1. The van der Waals surface area contributed by atoms with Crippen LogP contribution in [0.4, 0.5) is 0 Å². The van der Waals surface area contributed by atoms with E-state index in [4.69, 9.17) is 23.7 Å². The third-order valence-electron chi connectivity index (χ3n) is 9.90. The molecule has 324 valence electrons. The van der Waals surface area contributed by atoms with Crippen molar-refractivity contribution >= 4 is 17.9 Å². The van der Waals surface area contributed by atoms with E-state index in [9.17, 15) is 19.5 Å². The molecule has 0 bridgehead atoms. The van der Waals surface area contributed by atoms with Gasteiger partial charge in [0.1, 0.15) is 6.61 Å². The van der Waals surface area contributed by atoms with Crippen molar-refractivity contribution in [2.75, 3.05) is 39.6 Å². The summed E-state index contributed by atoms with van der Waals surface area (Å²) in [7, 11) is 0. The molecule has 55 heavy (non-hydrogen) atoms. The van der Waals surface area contributed by atoms with Crippen LogP contribution in [0.5, 0.6) is 0 Å². The van der Waals surface area contributed by atoms with E-state index < -0.39 is 12.2 Å². The van der Waals surface area contributed by atoms with Crippen LogP contribution >= 0.6 is 0 Å². The molecule has 0 aromatic carbocycles. The van der Waals surface area contributed by atoms with E-state index in [0.717, 1.165) is 89.9 Å². The van der Waals surface area contributed by atoms with Gasteiger partial charge in [0, 0.05) is 32.5 Å². The molecule has 1 N–H and O–H groups in total. The van der Waals surface area contributed by atoms with Crippen LogP contribution in [0.1, 0.15) is 213 Å². The van der Waals surface area contributed by atoms with Gasteiger partial charge >= 0.3 is 17.9 Å². The minimum absolute atomic E-state index is 0.00546. The molecule has 0 heterocycles. The molecule has 0 fully saturated rings. The highest BCUT2D eigenvalue weighted by molar-refractivity contribution is 5.70. The third kappa shape index (κ3) is 40.0. The predicted molar refractivity (Wildman–Crippen MR) is 224 cm³/mol. The summed E-state index contributed by atoms with van der Waals surface area (Å²) in [5, 5.41) is 9.76. The third-order valence-corrected chi connectivity index (χ3v) is 9.90. The van der Waals surface area contributed by atoms with Crippen LogP contribution in [0.25, 0.3) is 0 Å².